The molecule has 2 aromatic rings. The van der Waals surface area contributed by atoms with Crippen LogP contribution in [-0.2, 0) is 21.3 Å². The van der Waals surface area contributed by atoms with Crippen molar-refractivity contribution in [2.45, 2.75) is 23.9 Å². The number of halogens is 3. The van der Waals surface area contributed by atoms with E-state index in [0.717, 1.165) is 24.3 Å². The molecule has 0 radical (unpaired) electrons. The molecule has 0 fully saturated rings. The predicted octanol–water partition coefficient (Wildman–Crippen LogP) is 3.08. The Balaban J connectivity index is 1.80. The Bertz CT molecular complexity index is 1010. The average Bonchev–Trinajstić information content (AvgIpc) is 2.97. The van der Waals surface area contributed by atoms with Crippen molar-refractivity contribution in [2.24, 2.45) is 0 Å². The summed E-state index contributed by atoms with van der Waals surface area (Å²) in [7, 11) is -4.27. The van der Waals surface area contributed by atoms with Crippen LogP contribution >= 0.6 is 0 Å². The molecule has 0 spiro atoms. The molecule has 1 aliphatic rings. The third-order valence-corrected chi connectivity index (χ3v) is 5.14. The van der Waals surface area contributed by atoms with Gasteiger partial charge in [0.15, 0.2) is 5.78 Å². The molecule has 10 heteroatoms. The van der Waals surface area contributed by atoms with E-state index in [9.17, 15) is 31.2 Å². The van der Waals surface area contributed by atoms with Crippen LogP contribution in [0.4, 0.5) is 18.9 Å². The van der Waals surface area contributed by atoms with Gasteiger partial charge in [0.1, 0.15) is 10.6 Å². The Hall–Kier alpha value is -2.88. The molecule has 2 aromatic carbocycles. The molecule has 0 bridgehead atoms. The first-order chi connectivity index (χ1) is 12.6. The third kappa shape index (κ3) is 3.95. The molecule has 27 heavy (non-hydrogen) atoms. The SMILES string of the molecule is O=C1CCc2c(OS(=O)(=O)c3ccc(NC(=O)C(F)(F)F)cc3)cccc21. The summed E-state index contributed by atoms with van der Waals surface area (Å²) in [4.78, 5) is 22.3. The van der Waals surface area contributed by atoms with E-state index in [0.29, 0.717) is 17.5 Å². The number of Topliss-reactive ketones (excluding diaryl/α,β-unsaturated/α-hetero) is 1. The molecule has 1 aliphatic carbocycles. The van der Waals surface area contributed by atoms with E-state index >= 15 is 0 Å². The first-order valence-corrected chi connectivity index (χ1v) is 9.06. The maximum atomic E-state index is 12.4. The molecule has 142 valence electrons. The molecular formula is C17H12F3NO5S. The lowest BCUT2D eigenvalue weighted by atomic mass is 10.1. The summed E-state index contributed by atoms with van der Waals surface area (Å²) in [6, 6.07) is 8.56. The van der Waals surface area contributed by atoms with Crippen molar-refractivity contribution < 1.29 is 35.4 Å². The van der Waals surface area contributed by atoms with Crippen molar-refractivity contribution in [1.82, 2.24) is 0 Å². The Kier molecular flexibility index (Phi) is 4.68. The summed E-state index contributed by atoms with van der Waals surface area (Å²) in [5.74, 6) is -2.23. The number of nitrogens with one attached hydrogen (secondary N) is 1. The second-order valence-corrected chi connectivity index (χ2v) is 7.27. The first-order valence-electron chi connectivity index (χ1n) is 7.66. The Labute approximate surface area is 152 Å². The highest BCUT2D eigenvalue weighted by Crippen LogP contribution is 2.32. The van der Waals surface area contributed by atoms with Gasteiger partial charge < -0.3 is 9.50 Å². The van der Waals surface area contributed by atoms with Crippen LogP contribution in [0.3, 0.4) is 0 Å². The van der Waals surface area contributed by atoms with Gasteiger partial charge in [-0.25, -0.2) is 0 Å². The second kappa shape index (κ2) is 6.69. The van der Waals surface area contributed by atoms with Crippen LogP contribution in [0, 0.1) is 0 Å². The average molecular weight is 399 g/mol. The molecule has 0 unspecified atom stereocenters. The molecule has 1 amide bonds. The van der Waals surface area contributed by atoms with Crippen LogP contribution in [-0.4, -0.2) is 26.3 Å². The van der Waals surface area contributed by atoms with E-state index in [4.69, 9.17) is 4.18 Å². The number of hydrogen-bond acceptors (Lipinski definition) is 5. The summed E-state index contributed by atoms with van der Waals surface area (Å²) in [6.07, 6.45) is -4.43. The number of benzene rings is 2. The fourth-order valence-corrected chi connectivity index (χ4v) is 3.57. The number of anilines is 1. The molecule has 0 saturated carbocycles. The minimum absolute atomic E-state index is 0.0350. The first kappa shape index (κ1) is 18.9. The molecule has 0 aliphatic heterocycles. The quantitative estimate of drug-likeness (QED) is 0.798. The summed E-state index contributed by atoms with van der Waals surface area (Å²) in [5, 5.41) is 1.61. The van der Waals surface area contributed by atoms with Gasteiger partial charge in [-0.1, -0.05) is 12.1 Å². The normalized spacial score (nSPS) is 14.0. The zero-order valence-corrected chi connectivity index (χ0v) is 14.4. The minimum atomic E-state index is -5.06. The van der Waals surface area contributed by atoms with Gasteiger partial charge >= 0.3 is 22.2 Å². The van der Waals surface area contributed by atoms with E-state index in [-0.39, 0.29) is 28.5 Å². The van der Waals surface area contributed by atoms with Crippen molar-refractivity contribution in [3.05, 3.63) is 53.6 Å². The monoisotopic (exact) mass is 399 g/mol. The van der Waals surface area contributed by atoms with Crippen molar-refractivity contribution in [3.63, 3.8) is 0 Å². The second-order valence-electron chi connectivity index (χ2n) is 5.72. The summed E-state index contributed by atoms with van der Waals surface area (Å²) < 4.78 is 66.6. The van der Waals surface area contributed by atoms with Crippen molar-refractivity contribution >= 4 is 27.5 Å². The Morgan fingerprint density at radius 1 is 1.04 bits per heavy atom. The van der Waals surface area contributed by atoms with Gasteiger partial charge in [0, 0.05) is 23.2 Å². The number of fused-ring (bicyclic) bond motifs is 1. The van der Waals surface area contributed by atoms with Crippen molar-refractivity contribution in [1.29, 1.82) is 0 Å². The van der Waals surface area contributed by atoms with Crippen LogP contribution in [0.1, 0.15) is 22.3 Å². The largest absolute Gasteiger partial charge is 0.471 e. The fourth-order valence-electron chi connectivity index (χ4n) is 2.61. The van der Waals surface area contributed by atoms with E-state index in [1.165, 1.54) is 12.1 Å². The highest BCUT2D eigenvalue weighted by Gasteiger charge is 2.38. The molecule has 6 nitrogen and oxygen atoms in total. The predicted molar refractivity (Wildman–Crippen MR) is 88.0 cm³/mol. The third-order valence-electron chi connectivity index (χ3n) is 3.89. The standard InChI is InChI=1S/C17H12F3NO5S/c18-17(19,20)16(23)21-10-4-6-11(7-5-10)27(24,25)26-15-3-1-2-12-13(15)8-9-14(12)22/h1-7H,8-9H2,(H,21,23). The van der Waals surface area contributed by atoms with Crippen molar-refractivity contribution in [2.75, 3.05) is 5.32 Å². The molecule has 0 heterocycles. The molecular weight excluding hydrogens is 387 g/mol. The molecule has 0 saturated heterocycles. The van der Waals surface area contributed by atoms with Crippen LogP contribution in [0.5, 0.6) is 5.75 Å². The van der Waals surface area contributed by atoms with Gasteiger partial charge in [0.25, 0.3) is 0 Å². The number of amides is 1. The molecule has 1 N–H and O–H groups in total. The number of alkyl halides is 3. The number of carbonyl (C=O) groups is 2. The summed E-state index contributed by atoms with van der Waals surface area (Å²) >= 11 is 0. The summed E-state index contributed by atoms with van der Waals surface area (Å²) in [5.41, 5.74) is 0.690. The number of carbonyl (C=O) groups excluding carboxylic acids is 2. The van der Waals surface area contributed by atoms with E-state index in [2.05, 4.69) is 0 Å². The van der Waals surface area contributed by atoms with Gasteiger partial charge in [0.2, 0.25) is 0 Å². The Morgan fingerprint density at radius 2 is 1.70 bits per heavy atom. The molecule has 3 rings (SSSR count). The van der Waals surface area contributed by atoms with Crippen LogP contribution in [0.25, 0.3) is 0 Å². The lowest BCUT2D eigenvalue weighted by Gasteiger charge is -2.11. The maximum Gasteiger partial charge on any atom is 0.471 e. The smallest absolute Gasteiger partial charge is 0.379 e. The van der Waals surface area contributed by atoms with Gasteiger partial charge in [-0.3, -0.25) is 9.59 Å². The Morgan fingerprint density at radius 3 is 2.33 bits per heavy atom. The van der Waals surface area contributed by atoms with Gasteiger partial charge in [-0.15, -0.1) is 0 Å². The topological polar surface area (TPSA) is 89.5 Å². The van der Waals surface area contributed by atoms with Gasteiger partial charge in [-0.05, 0) is 36.8 Å². The summed E-state index contributed by atoms with van der Waals surface area (Å²) in [6.45, 7) is 0. The van der Waals surface area contributed by atoms with Gasteiger partial charge in [0.05, 0.1) is 0 Å². The van der Waals surface area contributed by atoms with E-state index < -0.39 is 22.2 Å². The highest BCUT2D eigenvalue weighted by molar-refractivity contribution is 7.87. The van der Waals surface area contributed by atoms with Gasteiger partial charge in [-0.2, -0.15) is 21.6 Å². The zero-order valence-electron chi connectivity index (χ0n) is 13.5. The van der Waals surface area contributed by atoms with Crippen LogP contribution < -0.4 is 9.50 Å². The van der Waals surface area contributed by atoms with E-state index in [1.807, 2.05) is 0 Å². The molecule has 0 aromatic heterocycles. The van der Waals surface area contributed by atoms with E-state index in [1.54, 1.807) is 11.4 Å². The lowest BCUT2D eigenvalue weighted by Crippen LogP contribution is -2.29. The maximum absolute atomic E-state index is 12.4. The molecule has 0 atom stereocenters. The lowest BCUT2D eigenvalue weighted by molar-refractivity contribution is -0.167. The van der Waals surface area contributed by atoms with Crippen LogP contribution in [0.2, 0.25) is 0 Å². The fraction of sp³-hybridized carbons (Fsp3) is 0.176. The zero-order chi connectivity index (χ0) is 19.8. The highest BCUT2D eigenvalue weighted by atomic mass is 32.2. The van der Waals surface area contributed by atoms with Crippen molar-refractivity contribution in [3.8, 4) is 5.75 Å². The number of hydrogen-bond donors (Lipinski definition) is 1. The minimum Gasteiger partial charge on any atom is -0.379 e. The number of ketones is 1. The number of rotatable bonds is 4. The van der Waals surface area contributed by atoms with Crippen LogP contribution in [0.15, 0.2) is 47.4 Å².